The van der Waals surface area contributed by atoms with Crippen molar-refractivity contribution in [1.82, 2.24) is 0 Å². The zero-order valence-electron chi connectivity index (χ0n) is 14.6. The van der Waals surface area contributed by atoms with E-state index in [-0.39, 0.29) is 18.1 Å². The van der Waals surface area contributed by atoms with Gasteiger partial charge in [-0.05, 0) is 49.2 Å². The highest BCUT2D eigenvalue weighted by molar-refractivity contribution is 6.02. The number of nitrogens with one attached hydrogen (secondary N) is 1. The van der Waals surface area contributed by atoms with Crippen LogP contribution in [-0.4, -0.2) is 18.4 Å². The molecule has 0 saturated carbocycles. The number of amides is 2. The Balaban J connectivity index is 2.19. The van der Waals surface area contributed by atoms with Gasteiger partial charge in [0.25, 0.3) is 0 Å². The monoisotopic (exact) mass is 364 g/mol. The molecule has 2 rings (SSSR count). The highest BCUT2D eigenvalue weighted by Gasteiger charge is 2.30. The minimum Gasteiger partial charge on any atom is -0.325 e. The molecule has 0 aliphatic heterocycles. The summed E-state index contributed by atoms with van der Waals surface area (Å²) in [7, 11) is 0. The Morgan fingerprint density at radius 2 is 1.73 bits per heavy atom. The SMILES string of the molecule is CC(=O)N(CC(=O)Nc1cccc(C(F)(F)F)c1)c1cccc(C)c1C. The van der Waals surface area contributed by atoms with Crippen LogP contribution in [-0.2, 0) is 15.8 Å². The van der Waals surface area contributed by atoms with Crippen LogP contribution in [0.5, 0.6) is 0 Å². The summed E-state index contributed by atoms with van der Waals surface area (Å²) in [6, 6.07) is 9.75. The summed E-state index contributed by atoms with van der Waals surface area (Å²) in [5.41, 5.74) is 1.58. The molecule has 0 bridgehead atoms. The number of rotatable bonds is 4. The fourth-order valence-corrected chi connectivity index (χ4v) is 2.51. The van der Waals surface area contributed by atoms with Gasteiger partial charge in [0.15, 0.2) is 0 Å². The summed E-state index contributed by atoms with van der Waals surface area (Å²) in [4.78, 5) is 25.5. The highest BCUT2D eigenvalue weighted by Crippen LogP contribution is 2.30. The number of benzene rings is 2. The van der Waals surface area contributed by atoms with Crippen LogP contribution in [0.3, 0.4) is 0 Å². The fourth-order valence-electron chi connectivity index (χ4n) is 2.51. The first-order valence-electron chi connectivity index (χ1n) is 7.91. The van der Waals surface area contributed by atoms with Crippen molar-refractivity contribution in [2.24, 2.45) is 0 Å². The molecule has 0 atom stereocenters. The molecule has 0 aromatic heterocycles. The van der Waals surface area contributed by atoms with Gasteiger partial charge in [0.2, 0.25) is 11.8 Å². The van der Waals surface area contributed by atoms with E-state index in [0.29, 0.717) is 5.69 Å². The summed E-state index contributed by atoms with van der Waals surface area (Å²) in [5.74, 6) is -0.918. The van der Waals surface area contributed by atoms with Crippen LogP contribution >= 0.6 is 0 Å². The predicted octanol–water partition coefficient (Wildman–Crippen LogP) is 4.31. The van der Waals surface area contributed by atoms with Crippen molar-refractivity contribution in [2.45, 2.75) is 26.9 Å². The molecule has 26 heavy (non-hydrogen) atoms. The predicted molar refractivity (Wildman–Crippen MR) is 94.0 cm³/mol. The van der Waals surface area contributed by atoms with Crippen LogP contribution in [0.25, 0.3) is 0 Å². The Bertz CT molecular complexity index is 832. The Morgan fingerprint density at radius 1 is 1.08 bits per heavy atom. The normalized spacial score (nSPS) is 11.2. The summed E-state index contributed by atoms with van der Waals surface area (Å²) in [6.07, 6.45) is -4.50. The largest absolute Gasteiger partial charge is 0.416 e. The second-order valence-electron chi connectivity index (χ2n) is 5.95. The van der Waals surface area contributed by atoms with E-state index in [9.17, 15) is 22.8 Å². The van der Waals surface area contributed by atoms with Crippen LogP contribution in [0.15, 0.2) is 42.5 Å². The number of hydrogen-bond donors (Lipinski definition) is 1. The van der Waals surface area contributed by atoms with E-state index in [0.717, 1.165) is 23.3 Å². The van der Waals surface area contributed by atoms with Gasteiger partial charge in [0.05, 0.1) is 5.56 Å². The van der Waals surface area contributed by atoms with Crippen molar-refractivity contribution in [2.75, 3.05) is 16.8 Å². The van der Waals surface area contributed by atoms with E-state index >= 15 is 0 Å². The molecule has 4 nitrogen and oxygen atoms in total. The summed E-state index contributed by atoms with van der Waals surface area (Å²) >= 11 is 0. The molecule has 1 N–H and O–H groups in total. The van der Waals surface area contributed by atoms with Crippen molar-refractivity contribution >= 4 is 23.2 Å². The molecule has 2 aromatic rings. The lowest BCUT2D eigenvalue weighted by molar-refractivity contribution is -0.137. The first-order valence-corrected chi connectivity index (χ1v) is 7.91. The maximum absolute atomic E-state index is 12.8. The Labute approximate surface area is 149 Å². The quantitative estimate of drug-likeness (QED) is 0.879. The number of nitrogens with zero attached hydrogens (tertiary/aromatic N) is 1. The Morgan fingerprint density at radius 3 is 2.35 bits per heavy atom. The lowest BCUT2D eigenvalue weighted by atomic mass is 10.1. The molecule has 2 amide bonds. The van der Waals surface area contributed by atoms with Gasteiger partial charge in [-0.2, -0.15) is 13.2 Å². The average molecular weight is 364 g/mol. The third-order valence-corrected chi connectivity index (χ3v) is 4.02. The van der Waals surface area contributed by atoms with Crippen LogP contribution in [0.4, 0.5) is 24.5 Å². The number of alkyl halides is 3. The van der Waals surface area contributed by atoms with E-state index in [2.05, 4.69) is 5.32 Å². The minimum atomic E-state index is -4.50. The molecule has 0 aliphatic carbocycles. The Hall–Kier alpha value is -2.83. The van der Waals surface area contributed by atoms with Crippen LogP contribution in [0.1, 0.15) is 23.6 Å². The molecule has 0 spiro atoms. The molecule has 0 fully saturated rings. The van der Waals surface area contributed by atoms with Gasteiger partial charge in [-0.25, -0.2) is 0 Å². The highest BCUT2D eigenvalue weighted by atomic mass is 19.4. The first kappa shape index (κ1) is 19.5. The van der Waals surface area contributed by atoms with Gasteiger partial charge in [-0.1, -0.05) is 18.2 Å². The lowest BCUT2D eigenvalue weighted by Crippen LogP contribution is -2.37. The minimum absolute atomic E-state index is 0.0225. The van der Waals surface area contributed by atoms with Crippen LogP contribution in [0.2, 0.25) is 0 Å². The lowest BCUT2D eigenvalue weighted by Gasteiger charge is -2.23. The second kappa shape index (κ2) is 7.59. The van der Waals surface area contributed by atoms with E-state index in [4.69, 9.17) is 0 Å². The number of halogens is 3. The van der Waals surface area contributed by atoms with Crippen molar-refractivity contribution in [1.29, 1.82) is 0 Å². The molecule has 0 saturated heterocycles. The molecular weight excluding hydrogens is 345 g/mol. The molecule has 0 radical (unpaired) electrons. The number of aryl methyl sites for hydroxylation is 1. The number of anilines is 2. The van der Waals surface area contributed by atoms with Gasteiger partial charge in [-0.3, -0.25) is 9.59 Å². The van der Waals surface area contributed by atoms with E-state index in [1.165, 1.54) is 24.0 Å². The Kier molecular flexibility index (Phi) is 5.69. The molecule has 0 heterocycles. The third kappa shape index (κ3) is 4.62. The van der Waals surface area contributed by atoms with Crippen LogP contribution in [0, 0.1) is 13.8 Å². The van der Waals surface area contributed by atoms with E-state index < -0.39 is 17.6 Å². The number of carbonyl (C=O) groups is 2. The van der Waals surface area contributed by atoms with Gasteiger partial charge in [0.1, 0.15) is 6.54 Å². The molecule has 2 aromatic carbocycles. The zero-order chi connectivity index (χ0) is 19.5. The maximum atomic E-state index is 12.8. The standard InChI is InChI=1S/C19H19F3N2O2/c1-12-6-4-9-17(13(12)2)24(14(3)25)11-18(26)23-16-8-5-7-15(10-16)19(20,21)22/h4-10H,11H2,1-3H3,(H,23,26). The molecular formula is C19H19F3N2O2. The summed E-state index contributed by atoms with van der Waals surface area (Å²) in [5, 5.41) is 2.41. The molecule has 0 unspecified atom stereocenters. The fraction of sp³-hybridized carbons (Fsp3) is 0.263. The molecule has 7 heteroatoms. The zero-order valence-corrected chi connectivity index (χ0v) is 14.6. The van der Waals surface area contributed by atoms with Gasteiger partial charge in [-0.15, -0.1) is 0 Å². The van der Waals surface area contributed by atoms with Crippen molar-refractivity contribution in [3.8, 4) is 0 Å². The molecule has 0 aliphatic rings. The van der Waals surface area contributed by atoms with Crippen LogP contribution < -0.4 is 10.2 Å². The molecule has 138 valence electrons. The first-order chi connectivity index (χ1) is 12.1. The smallest absolute Gasteiger partial charge is 0.325 e. The average Bonchev–Trinajstić information content (AvgIpc) is 2.55. The van der Waals surface area contributed by atoms with Gasteiger partial charge in [0, 0.05) is 18.3 Å². The van der Waals surface area contributed by atoms with Gasteiger partial charge < -0.3 is 10.2 Å². The number of carbonyl (C=O) groups excluding carboxylic acids is 2. The van der Waals surface area contributed by atoms with Gasteiger partial charge >= 0.3 is 6.18 Å². The number of hydrogen-bond acceptors (Lipinski definition) is 2. The van der Waals surface area contributed by atoms with Crippen molar-refractivity contribution in [3.05, 3.63) is 59.2 Å². The second-order valence-corrected chi connectivity index (χ2v) is 5.95. The third-order valence-electron chi connectivity index (χ3n) is 4.02. The van der Waals surface area contributed by atoms with Crippen molar-refractivity contribution < 1.29 is 22.8 Å². The van der Waals surface area contributed by atoms with E-state index in [1.807, 2.05) is 19.9 Å². The topological polar surface area (TPSA) is 49.4 Å². The summed E-state index contributed by atoms with van der Waals surface area (Å²) in [6.45, 7) is 4.76. The van der Waals surface area contributed by atoms with E-state index in [1.54, 1.807) is 12.1 Å². The van der Waals surface area contributed by atoms with Crippen molar-refractivity contribution in [3.63, 3.8) is 0 Å². The maximum Gasteiger partial charge on any atom is 0.416 e. The summed E-state index contributed by atoms with van der Waals surface area (Å²) < 4.78 is 38.3.